The summed E-state index contributed by atoms with van der Waals surface area (Å²) in [6.45, 7) is 4.17. The van der Waals surface area contributed by atoms with Gasteiger partial charge in [-0.3, -0.25) is 0 Å². The molecule has 3 rings (SSSR count). The van der Waals surface area contributed by atoms with Gasteiger partial charge in [0.1, 0.15) is 17.1 Å². The van der Waals surface area contributed by atoms with E-state index in [4.69, 9.17) is 11.6 Å². The monoisotopic (exact) mass is 250 g/mol. The lowest BCUT2D eigenvalue weighted by Gasteiger charge is -2.13. The van der Waals surface area contributed by atoms with Crippen LogP contribution >= 0.6 is 11.6 Å². The molecule has 4 nitrogen and oxygen atoms in total. The van der Waals surface area contributed by atoms with Crippen LogP contribution < -0.4 is 5.32 Å². The molecule has 1 saturated heterocycles. The number of hydrogen-bond donors (Lipinski definition) is 1. The van der Waals surface area contributed by atoms with Gasteiger partial charge in [0.25, 0.3) is 0 Å². The Kier molecular flexibility index (Phi) is 2.76. The largest absolute Gasteiger partial charge is 0.328 e. The van der Waals surface area contributed by atoms with Crippen LogP contribution in [-0.2, 0) is 6.54 Å². The van der Waals surface area contributed by atoms with Gasteiger partial charge in [-0.15, -0.1) is 0 Å². The van der Waals surface area contributed by atoms with Crippen LogP contribution in [0.4, 0.5) is 0 Å². The molecule has 0 aromatic carbocycles. The molecule has 3 heterocycles. The molecule has 1 fully saturated rings. The van der Waals surface area contributed by atoms with Gasteiger partial charge in [0.2, 0.25) is 0 Å². The van der Waals surface area contributed by atoms with Crippen LogP contribution in [-0.4, -0.2) is 27.1 Å². The number of nitrogens with zero attached hydrogens (tertiary/aromatic N) is 3. The molecule has 0 bridgehead atoms. The van der Waals surface area contributed by atoms with E-state index in [1.807, 2.05) is 0 Å². The zero-order valence-corrected chi connectivity index (χ0v) is 10.5. The minimum absolute atomic E-state index is 0.538. The molecule has 1 aliphatic heterocycles. The maximum absolute atomic E-state index is 6.08. The first-order chi connectivity index (χ1) is 8.25. The number of aromatic nitrogens is 3. The average Bonchev–Trinajstić information content (AvgIpc) is 2.91. The SMILES string of the molecule is Cc1cc2c(Cl)ncnc2n1CC1CCCN1. The van der Waals surface area contributed by atoms with Crippen molar-refractivity contribution in [3.05, 3.63) is 23.2 Å². The minimum Gasteiger partial charge on any atom is -0.328 e. The lowest BCUT2D eigenvalue weighted by Crippen LogP contribution is -2.27. The fourth-order valence-corrected chi connectivity index (χ4v) is 2.70. The highest BCUT2D eigenvalue weighted by molar-refractivity contribution is 6.33. The Bertz CT molecular complexity index is 543. The molecule has 1 N–H and O–H groups in total. The fraction of sp³-hybridized carbons (Fsp3) is 0.500. The van der Waals surface area contributed by atoms with Gasteiger partial charge in [-0.25, -0.2) is 9.97 Å². The van der Waals surface area contributed by atoms with Crippen molar-refractivity contribution >= 4 is 22.6 Å². The first-order valence-electron chi connectivity index (χ1n) is 5.95. The maximum Gasteiger partial charge on any atom is 0.145 e. The smallest absolute Gasteiger partial charge is 0.145 e. The van der Waals surface area contributed by atoms with E-state index in [0.29, 0.717) is 11.2 Å². The molecule has 2 aromatic heterocycles. The molecule has 1 unspecified atom stereocenters. The topological polar surface area (TPSA) is 42.7 Å². The predicted molar refractivity (Wildman–Crippen MR) is 68.3 cm³/mol. The van der Waals surface area contributed by atoms with Gasteiger partial charge in [-0.05, 0) is 32.4 Å². The Hall–Kier alpha value is -1.13. The number of aryl methyl sites for hydroxylation is 1. The number of fused-ring (bicyclic) bond motifs is 1. The lowest BCUT2D eigenvalue weighted by molar-refractivity contribution is 0.511. The number of nitrogens with one attached hydrogen (secondary N) is 1. The third-order valence-electron chi connectivity index (χ3n) is 3.41. The van der Waals surface area contributed by atoms with Crippen LogP contribution in [0, 0.1) is 6.92 Å². The summed E-state index contributed by atoms with van der Waals surface area (Å²) in [4.78, 5) is 8.36. The van der Waals surface area contributed by atoms with Crippen molar-refractivity contribution in [1.82, 2.24) is 19.9 Å². The first-order valence-corrected chi connectivity index (χ1v) is 6.33. The summed E-state index contributed by atoms with van der Waals surface area (Å²) in [5.74, 6) is 0. The predicted octanol–water partition coefficient (Wildman–Crippen LogP) is 2.15. The summed E-state index contributed by atoms with van der Waals surface area (Å²) >= 11 is 6.08. The van der Waals surface area contributed by atoms with E-state index in [2.05, 4.69) is 32.8 Å². The highest BCUT2D eigenvalue weighted by Gasteiger charge is 2.17. The van der Waals surface area contributed by atoms with Crippen LogP contribution in [0.5, 0.6) is 0 Å². The van der Waals surface area contributed by atoms with Gasteiger partial charge >= 0.3 is 0 Å². The van der Waals surface area contributed by atoms with Crippen molar-refractivity contribution in [2.75, 3.05) is 6.54 Å². The molecule has 0 amide bonds. The van der Waals surface area contributed by atoms with E-state index in [-0.39, 0.29) is 0 Å². The fourth-order valence-electron chi connectivity index (χ4n) is 2.52. The second-order valence-corrected chi connectivity index (χ2v) is 4.95. The summed E-state index contributed by atoms with van der Waals surface area (Å²) in [5, 5.41) is 4.99. The summed E-state index contributed by atoms with van der Waals surface area (Å²) < 4.78 is 2.23. The molecule has 0 radical (unpaired) electrons. The summed E-state index contributed by atoms with van der Waals surface area (Å²) in [7, 11) is 0. The van der Waals surface area contributed by atoms with Crippen molar-refractivity contribution in [2.45, 2.75) is 32.4 Å². The normalized spacial score (nSPS) is 20.2. The highest BCUT2D eigenvalue weighted by Crippen LogP contribution is 2.24. The van der Waals surface area contributed by atoms with Crippen LogP contribution in [0.3, 0.4) is 0 Å². The van der Waals surface area contributed by atoms with Crippen molar-refractivity contribution in [3.8, 4) is 0 Å². The maximum atomic E-state index is 6.08. The summed E-state index contributed by atoms with van der Waals surface area (Å²) in [6, 6.07) is 2.62. The molecule has 0 saturated carbocycles. The van der Waals surface area contributed by atoms with Gasteiger partial charge in [0.05, 0.1) is 5.39 Å². The van der Waals surface area contributed by atoms with E-state index >= 15 is 0 Å². The number of hydrogen-bond acceptors (Lipinski definition) is 3. The van der Waals surface area contributed by atoms with Crippen LogP contribution in [0.15, 0.2) is 12.4 Å². The molecule has 1 atom stereocenters. The standard InChI is InChI=1S/C12H15ClN4/c1-8-5-10-11(13)15-7-16-12(10)17(8)6-9-3-2-4-14-9/h5,7,9,14H,2-4,6H2,1H3. The van der Waals surface area contributed by atoms with Crippen molar-refractivity contribution in [2.24, 2.45) is 0 Å². The van der Waals surface area contributed by atoms with Gasteiger partial charge in [-0.2, -0.15) is 0 Å². The first kappa shape index (κ1) is 11.0. The molecular formula is C12H15ClN4. The van der Waals surface area contributed by atoms with Crippen molar-refractivity contribution in [3.63, 3.8) is 0 Å². The third kappa shape index (κ3) is 1.91. The van der Waals surface area contributed by atoms with Gasteiger partial charge in [0, 0.05) is 18.3 Å². The third-order valence-corrected chi connectivity index (χ3v) is 3.72. The van der Waals surface area contributed by atoms with E-state index < -0.39 is 0 Å². The molecule has 90 valence electrons. The van der Waals surface area contributed by atoms with Gasteiger partial charge in [0.15, 0.2) is 0 Å². The highest BCUT2D eigenvalue weighted by atomic mass is 35.5. The number of halogens is 1. The molecule has 0 spiro atoms. The van der Waals surface area contributed by atoms with Gasteiger partial charge in [-0.1, -0.05) is 11.6 Å². The summed E-state index contributed by atoms with van der Waals surface area (Å²) in [6.07, 6.45) is 4.03. The van der Waals surface area contributed by atoms with Crippen LogP contribution in [0.1, 0.15) is 18.5 Å². The van der Waals surface area contributed by atoms with E-state index in [9.17, 15) is 0 Å². The van der Waals surface area contributed by atoms with Crippen LogP contribution in [0.25, 0.3) is 11.0 Å². The van der Waals surface area contributed by atoms with E-state index in [0.717, 1.165) is 24.1 Å². The Labute approximate surface area is 105 Å². The Morgan fingerprint density at radius 1 is 1.53 bits per heavy atom. The van der Waals surface area contributed by atoms with Crippen molar-refractivity contribution in [1.29, 1.82) is 0 Å². The second kappa shape index (κ2) is 4.27. The Morgan fingerprint density at radius 3 is 3.18 bits per heavy atom. The molecule has 1 aliphatic rings. The van der Waals surface area contributed by atoms with Crippen LogP contribution in [0.2, 0.25) is 5.15 Å². The Balaban J connectivity index is 2.02. The molecule has 17 heavy (non-hydrogen) atoms. The second-order valence-electron chi connectivity index (χ2n) is 4.59. The lowest BCUT2D eigenvalue weighted by atomic mass is 10.2. The zero-order valence-electron chi connectivity index (χ0n) is 9.78. The van der Waals surface area contributed by atoms with E-state index in [1.54, 1.807) is 0 Å². The zero-order chi connectivity index (χ0) is 11.8. The van der Waals surface area contributed by atoms with Crippen molar-refractivity contribution < 1.29 is 0 Å². The minimum atomic E-state index is 0.538. The number of rotatable bonds is 2. The van der Waals surface area contributed by atoms with Gasteiger partial charge < -0.3 is 9.88 Å². The summed E-state index contributed by atoms with van der Waals surface area (Å²) in [5.41, 5.74) is 2.13. The molecule has 0 aliphatic carbocycles. The molecule has 5 heteroatoms. The Morgan fingerprint density at radius 2 is 2.41 bits per heavy atom. The van der Waals surface area contributed by atoms with E-state index in [1.165, 1.54) is 24.9 Å². The quantitative estimate of drug-likeness (QED) is 0.831. The molecular weight excluding hydrogens is 236 g/mol. The molecule has 2 aromatic rings. The average molecular weight is 251 g/mol.